The first kappa shape index (κ1) is 17.5. The molecule has 0 saturated heterocycles. The molecule has 1 heterocycles. The number of rotatable bonds is 3. The number of hydrogen-bond donors (Lipinski definition) is 1. The predicted octanol–water partition coefficient (Wildman–Crippen LogP) is 5.08. The number of hydrogen-bond acceptors (Lipinski definition) is 2. The average Bonchev–Trinajstić information content (AvgIpc) is 3.01. The van der Waals surface area contributed by atoms with Crippen molar-refractivity contribution in [1.82, 2.24) is 5.32 Å². The molecule has 7 rings (SSSR count). The highest BCUT2D eigenvalue weighted by Gasteiger charge is 2.51. The molecule has 1 aromatic rings. The monoisotopic (exact) mass is 379 g/mol. The summed E-state index contributed by atoms with van der Waals surface area (Å²) in [4.78, 5) is 13.0. The summed E-state index contributed by atoms with van der Waals surface area (Å²) < 4.78 is 6.30. The van der Waals surface area contributed by atoms with E-state index in [4.69, 9.17) is 4.74 Å². The van der Waals surface area contributed by atoms with Crippen molar-refractivity contribution in [3.63, 3.8) is 0 Å². The van der Waals surface area contributed by atoms with Gasteiger partial charge in [-0.15, -0.1) is 0 Å². The first-order chi connectivity index (χ1) is 13.6. The summed E-state index contributed by atoms with van der Waals surface area (Å²) in [6.07, 6.45) is 13.1. The fraction of sp³-hybridized carbons (Fsp3) is 0.720. The summed E-state index contributed by atoms with van der Waals surface area (Å²) in [7, 11) is 0. The van der Waals surface area contributed by atoms with Crippen molar-refractivity contribution in [2.24, 2.45) is 23.7 Å². The lowest BCUT2D eigenvalue weighted by Crippen LogP contribution is -2.60. The zero-order valence-corrected chi connectivity index (χ0v) is 16.9. The summed E-state index contributed by atoms with van der Waals surface area (Å²) in [5.74, 6) is 3.52. The van der Waals surface area contributed by atoms with Gasteiger partial charge in [-0.25, -0.2) is 0 Å². The van der Waals surface area contributed by atoms with Crippen LogP contribution in [0.1, 0.15) is 81.8 Å². The molecule has 3 nitrogen and oxygen atoms in total. The molecular formula is C25H33NO2. The molecule has 5 fully saturated rings. The maximum atomic E-state index is 13.0. The number of fused-ring (bicyclic) bond motifs is 2. The summed E-state index contributed by atoms with van der Waals surface area (Å²) in [5, 5.41) is 3.58. The molecule has 150 valence electrons. The second-order valence-corrected chi connectivity index (χ2v) is 10.8. The normalized spacial score (nSPS) is 43.3. The summed E-state index contributed by atoms with van der Waals surface area (Å²) in [6.45, 7) is 0.757. The summed E-state index contributed by atoms with van der Waals surface area (Å²) in [5.41, 5.74) is 2.87. The van der Waals surface area contributed by atoms with E-state index in [1.54, 1.807) is 0 Å². The van der Waals surface area contributed by atoms with Crippen molar-refractivity contribution in [2.45, 2.75) is 88.4 Å². The van der Waals surface area contributed by atoms with Gasteiger partial charge in [0, 0.05) is 12.0 Å². The third-order valence-corrected chi connectivity index (χ3v) is 8.84. The van der Waals surface area contributed by atoms with Crippen molar-refractivity contribution in [1.29, 1.82) is 0 Å². The fourth-order valence-corrected chi connectivity index (χ4v) is 8.02. The van der Waals surface area contributed by atoms with E-state index < -0.39 is 0 Å². The van der Waals surface area contributed by atoms with E-state index in [0.29, 0.717) is 11.8 Å². The lowest BCUT2D eigenvalue weighted by atomic mass is 9.53. The van der Waals surface area contributed by atoms with Gasteiger partial charge in [-0.1, -0.05) is 24.3 Å². The van der Waals surface area contributed by atoms with Gasteiger partial charge in [0.05, 0.1) is 12.2 Å². The van der Waals surface area contributed by atoms with Gasteiger partial charge in [0.25, 0.3) is 0 Å². The van der Waals surface area contributed by atoms with Crippen LogP contribution < -0.4 is 5.32 Å². The quantitative estimate of drug-likeness (QED) is 0.795. The van der Waals surface area contributed by atoms with Gasteiger partial charge in [-0.05, 0) is 99.0 Å². The number of carbonyl (C=O) groups is 1. The van der Waals surface area contributed by atoms with Crippen molar-refractivity contribution in [3.8, 4) is 0 Å². The van der Waals surface area contributed by atoms with Gasteiger partial charge >= 0.3 is 0 Å². The molecule has 3 heteroatoms. The molecule has 4 bridgehead atoms. The molecule has 5 aliphatic carbocycles. The number of amides is 1. The Morgan fingerprint density at radius 1 is 1.00 bits per heavy atom. The highest BCUT2D eigenvalue weighted by atomic mass is 16.5. The Kier molecular flexibility index (Phi) is 3.95. The van der Waals surface area contributed by atoms with E-state index in [9.17, 15) is 4.79 Å². The topological polar surface area (TPSA) is 38.3 Å². The number of ether oxygens (including phenoxy) is 1. The van der Waals surface area contributed by atoms with Crippen LogP contribution in [0, 0.1) is 23.7 Å². The number of carbonyl (C=O) groups excluding carboxylic acids is 1. The fourth-order valence-electron chi connectivity index (χ4n) is 8.02. The SMILES string of the molecule is O=C(C[C@H]1CC[C@@]2(CC1)OCc1ccccc12)NC12CC3CC(CC(C3)C1)C2. The Balaban J connectivity index is 1.07. The Morgan fingerprint density at radius 2 is 1.64 bits per heavy atom. The molecule has 1 spiro atoms. The Bertz CT molecular complexity index is 741. The largest absolute Gasteiger partial charge is 0.366 e. The predicted molar refractivity (Wildman–Crippen MR) is 109 cm³/mol. The first-order valence-electron chi connectivity index (χ1n) is 11.6. The Labute approximate surface area is 168 Å². The highest BCUT2D eigenvalue weighted by Crippen LogP contribution is 2.56. The van der Waals surface area contributed by atoms with Crippen molar-refractivity contribution < 1.29 is 9.53 Å². The molecule has 6 aliphatic rings. The molecule has 1 N–H and O–H groups in total. The molecule has 0 atom stereocenters. The van der Waals surface area contributed by atoms with Crippen LogP contribution in [0.15, 0.2) is 24.3 Å². The van der Waals surface area contributed by atoms with Crippen LogP contribution >= 0.6 is 0 Å². The molecule has 0 unspecified atom stereocenters. The number of nitrogens with one attached hydrogen (secondary N) is 1. The summed E-state index contributed by atoms with van der Waals surface area (Å²) >= 11 is 0. The number of benzene rings is 1. The third-order valence-electron chi connectivity index (χ3n) is 8.84. The second kappa shape index (κ2) is 6.32. The molecule has 1 amide bonds. The first-order valence-corrected chi connectivity index (χ1v) is 11.6. The molecular weight excluding hydrogens is 346 g/mol. The van der Waals surface area contributed by atoms with Gasteiger partial charge in [0.1, 0.15) is 0 Å². The lowest BCUT2D eigenvalue weighted by molar-refractivity contribution is -0.129. The lowest BCUT2D eigenvalue weighted by Gasteiger charge is -2.57. The van der Waals surface area contributed by atoms with Gasteiger partial charge in [0.15, 0.2) is 0 Å². The zero-order valence-electron chi connectivity index (χ0n) is 16.9. The van der Waals surface area contributed by atoms with Crippen LogP contribution in [-0.2, 0) is 21.7 Å². The van der Waals surface area contributed by atoms with Crippen LogP contribution in [0.25, 0.3) is 0 Å². The zero-order chi connectivity index (χ0) is 18.8. The van der Waals surface area contributed by atoms with Crippen LogP contribution in [-0.4, -0.2) is 11.4 Å². The molecule has 1 aromatic carbocycles. The smallest absolute Gasteiger partial charge is 0.220 e. The molecule has 28 heavy (non-hydrogen) atoms. The van der Waals surface area contributed by atoms with E-state index in [0.717, 1.165) is 56.5 Å². The van der Waals surface area contributed by atoms with Gasteiger partial charge in [-0.3, -0.25) is 4.79 Å². The minimum Gasteiger partial charge on any atom is -0.366 e. The van der Waals surface area contributed by atoms with E-state index in [1.807, 2.05) is 0 Å². The minimum atomic E-state index is -0.0660. The van der Waals surface area contributed by atoms with Crippen LogP contribution in [0.2, 0.25) is 0 Å². The van der Waals surface area contributed by atoms with Crippen molar-refractivity contribution in [2.75, 3.05) is 0 Å². The van der Waals surface area contributed by atoms with Crippen molar-refractivity contribution >= 4 is 5.91 Å². The molecule has 0 radical (unpaired) electrons. The van der Waals surface area contributed by atoms with E-state index in [2.05, 4.69) is 29.6 Å². The molecule has 0 aromatic heterocycles. The van der Waals surface area contributed by atoms with Gasteiger partial charge in [-0.2, -0.15) is 0 Å². The van der Waals surface area contributed by atoms with E-state index >= 15 is 0 Å². The average molecular weight is 380 g/mol. The Morgan fingerprint density at radius 3 is 2.32 bits per heavy atom. The van der Waals surface area contributed by atoms with Gasteiger partial charge in [0.2, 0.25) is 5.91 Å². The van der Waals surface area contributed by atoms with Crippen LogP contribution in [0.5, 0.6) is 0 Å². The standard InChI is InChI=1S/C25H33NO2/c27-23(26-24-13-18-9-19(14-24)11-20(10-18)15-24)12-17-5-7-25(8-6-17)22-4-2-1-3-21(22)16-28-25/h1-4,17-20H,5-16H2,(H,26,27)/t17-,18?,19?,20?,24?,25-. The van der Waals surface area contributed by atoms with Crippen molar-refractivity contribution in [3.05, 3.63) is 35.4 Å². The molecule has 5 saturated carbocycles. The maximum Gasteiger partial charge on any atom is 0.220 e. The third kappa shape index (κ3) is 2.84. The van der Waals surface area contributed by atoms with E-state index in [1.165, 1.54) is 49.7 Å². The minimum absolute atomic E-state index is 0.0660. The molecule has 1 aliphatic heterocycles. The van der Waals surface area contributed by atoms with E-state index in [-0.39, 0.29) is 11.1 Å². The maximum absolute atomic E-state index is 13.0. The second-order valence-electron chi connectivity index (χ2n) is 10.8. The van der Waals surface area contributed by atoms with Crippen LogP contribution in [0.4, 0.5) is 0 Å². The van der Waals surface area contributed by atoms with Gasteiger partial charge < -0.3 is 10.1 Å². The Hall–Kier alpha value is -1.35. The highest BCUT2D eigenvalue weighted by molar-refractivity contribution is 5.77. The summed E-state index contributed by atoms with van der Waals surface area (Å²) in [6, 6.07) is 8.71. The van der Waals surface area contributed by atoms with Crippen LogP contribution in [0.3, 0.4) is 0 Å².